The number of aldehydes is 1. The fourth-order valence-corrected chi connectivity index (χ4v) is 2.53. The molecule has 0 fully saturated rings. The van der Waals surface area contributed by atoms with Crippen molar-refractivity contribution in [1.29, 1.82) is 0 Å². The van der Waals surface area contributed by atoms with Gasteiger partial charge in [0, 0.05) is 0 Å². The molecule has 1 aromatic carbocycles. The summed E-state index contributed by atoms with van der Waals surface area (Å²) in [5.74, 6) is 0. The first-order valence-corrected chi connectivity index (χ1v) is 6.59. The molecule has 10 heteroatoms. The molecule has 0 aliphatic rings. The Morgan fingerprint density at radius 1 is 1.00 bits per heavy atom. The molecule has 2 N–H and O–H groups in total. The molecule has 0 aliphatic carbocycles. The summed E-state index contributed by atoms with van der Waals surface area (Å²) in [6.45, 7) is 0. The maximum Gasteiger partial charge on any atom is 1.00 e. The largest absolute Gasteiger partial charge is 1.00 e. The first-order valence-electron chi connectivity index (χ1n) is 3.71. The van der Waals surface area contributed by atoms with Crippen LogP contribution in [0.15, 0.2) is 28.0 Å². The van der Waals surface area contributed by atoms with Crippen LogP contribution in [0.25, 0.3) is 0 Å². The Kier molecular flexibility index (Phi) is 5.47. The minimum absolute atomic E-state index is 0. The predicted octanol–water partition coefficient (Wildman–Crippen LogP) is -2.89. The van der Waals surface area contributed by atoms with E-state index >= 15 is 0 Å². The van der Waals surface area contributed by atoms with E-state index in [9.17, 15) is 21.6 Å². The van der Waals surface area contributed by atoms with Crippen LogP contribution in [0.2, 0.25) is 0 Å². The van der Waals surface area contributed by atoms with E-state index in [-0.39, 0.29) is 37.3 Å². The van der Waals surface area contributed by atoms with E-state index < -0.39 is 35.6 Å². The Labute approximate surface area is 121 Å². The van der Waals surface area contributed by atoms with E-state index in [2.05, 4.69) is 0 Å². The van der Waals surface area contributed by atoms with Gasteiger partial charge >= 0.3 is 29.6 Å². The van der Waals surface area contributed by atoms with Gasteiger partial charge in [-0.15, -0.1) is 0 Å². The molecular formula is C7H7NaO7S2. The zero-order chi connectivity index (χ0) is 12.6. The van der Waals surface area contributed by atoms with Crippen molar-refractivity contribution in [2.45, 2.75) is 9.79 Å². The van der Waals surface area contributed by atoms with E-state index in [1.54, 1.807) is 0 Å². The quantitative estimate of drug-likeness (QED) is 0.347. The molecule has 0 aromatic heterocycles. The maximum absolute atomic E-state index is 10.8. The molecule has 0 radical (unpaired) electrons. The van der Waals surface area contributed by atoms with Crippen molar-refractivity contribution in [2.24, 2.45) is 0 Å². The molecule has 1 rings (SSSR count). The number of hydrogen-bond donors (Lipinski definition) is 2. The third-order valence-electron chi connectivity index (χ3n) is 1.70. The summed E-state index contributed by atoms with van der Waals surface area (Å²) >= 11 is 0. The van der Waals surface area contributed by atoms with Crippen LogP contribution >= 0.6 is 0 Å². The SMILES string of the molecule is O=Cc1c(S(=O)(=O)O)cccc1S(=O)(=O)O.[H-].[Na+]. The Morgan fingerprint density at radius 2 is 1.35 bits per heavy atom. The minimum atomic E-state index is -4.74. The molecule has 7 nitrogen and oxygen atoms in total. The molecule has 0 aliphatic heterocycles. The zero-order valence-corrected chi connectivity index (χ0v) is 12.2. The fraction of sp³-hybridized carbons (Fsp3) is 0. The topological polar surface area (TPSA) is 126 Å². The summed E-state index contributed by atoms with van der Waals surface area (Å²) in [4.78, 5) is 8.84. The molecule has 0 amide bonds. The van der Waals surface area contributed by atoms with Gasteiger partial charge in [-0.1, -0.05) is 6.07 Å². The maximum atomic E-state index is 10.8. The molecule has 0 unspecified atom stereocenters. The number of hydrogen-bond acceptors (Lipinski definition) is 5. The van der Waals surface area contributed by atoms with Gasteiger partial charge in [-0.3, -0.25) is 13.9 Å². The van der Waals surface area contributed by atoms with Crippen LogP contribution in [0.1, 0.15) is 11.8 Å². The number of rotatable bonds is 3. The van der Waals surface area contributed by atoms with Crippen molar-refractivity contribution in [3.8, 4) is 0 Å². The summed E-state index contributed by atoms with van der Waals surface area (Å²) < 4.78 is 60.7. The molecule has 0 atom stereocenters. The molecular weight excluding hydrogens is 283 g/mol. The Balaban J connectivity index is 0. The first kappa shape index (κ1) is 16.7. The van der Waals surface area contributed by atoms with Crippen molar-refractivity contribution < 1.29 is 61.7 Å². The number of carbonyl (C=O) groups excluding carboxylic acids is 1. The third-order valence-corrected chi connectivity index (χ3v) is 3.52. The van der Waals surface area contributed by atoms with E-state index in [0.29, 0.717) is 0 Å². The van der Waals surface area contributed by atoms with E-state index in [1.807, 2.05) is 0 Å². The van der Waals surface area contributed by atoms with E-state index in [4.69, 9.17) is 9.11 Å². The summed E-state index contributed by atoms with van der Waals surface area (Å²) in [6, 6.07) is 2.65. The van der Waals surface area contributed by atoms with Crippen molar-refractivity contribution in [1.82, 2.24) is 0 Å². The van der Waals surface area contributed by atoms with Gasteiger partial charge in [0.1, 0.15) is 9.79 Å². The standard InChI is InChI=1S/C7H6O7S2.Na.H/c8-4-5-6(15(9,10)11)2-1-3-7(5)16(12,13)14;;/h1-4H,(H,9,10,11)(H,12,13,14);;/q;+1;-1. The van der Waals surface area contributed by atoms with Crippen LogP contribution in [0, 0.1) is 0 Å². The van der Waals surface area contributed by atoms with Crippen LogP contribution in [0.4, 0.5) is 0 Å². The zero-order valence-electron chi connectivity index (χ0n) is 9.56. The van der Waals surface area contributed by atoms with Gasteiger partial charge in [0.05, 0.1) is 5.56 Å². The summed E-state index contributed by atoms with van der Waals surface area (Å²) in [5, 5.41) is 0. The van der Waals surface area contributed by atoms with Gasteiger partial charge in [-0.25, -0.2) is 0 Å². The van der Waals surface area contributed by atoms with Crippen LogP contribution in [0.5, 0.6) is 0 Å². The second kappa shape index (κ2) is 5.57. The first-order chi connectivity index (χ1) is 7.18. The second-order valence-electron chi connectivity index (χ2n) is 2.74. The van der Waals surface area contributed by atoms with E-state index in [1.165, 1.54) is 0 Å². The molecule has 0 saturated carbocycles. The normalized spacial score (nSPS) is 11.6. The van der Waals surface area contributed by atoms with Crippen molar-refractivity contribution in [3.63, 3.8) is 0 Å². The van der Waals surface area contributed by atoms with Crippen LogP contribution in [-0.4, -0.2) is 32.2 Å². The van der Waals surface area contributed by atoms with E-state index in [0.717, 1.165) is 18.2 Å². The fourth-order valence-electron chi connectivity index (χ4n) is 1.09. The third kappa shape index (κ3) is 3.85. The van der Waals surface area contributed by atoms with Gasteiger partial charge in [0.15, 0.2) is 6.29 Å². The van der Waals surface area contributed by atoms with Gasteiger partial charge in [0.2, 0.25) is 0 Å². The molecule has 90 valence electrons. The predicted molar refractivity (Wildman–Crippen MR) is 52.6 cm³/mol. The minimum Gasteiger partial charge on any atom is -1.00 e. The van der Waals surface area contributed by atoms with Crippen molar-refractivity contribution >= 4 is 26.5 Å². The molecule has 0 saturated heterocycles. The Bertz CT molecular complexity index is 588. The van der Waals surface area contributed by atoms with Gasteiger partial charge in [0.25, 0.3) is 20.2 Å². The Morgan fingerprint density at radius 3 is 1.59 bits per heavy atom. The molecule has 1 aromatic rings. The summed E-state index contributed by atoms with van der Waals surface area (Å²) in [5.41, 5.74) is -0.812. The van der Waals surface area contributed by atoms with Crippen molar-refractivity contribution in [3.05, 3.63) is 23.8 Å². The Hall–Kier alpha value is -0.290. The second-order valence-corrected chi connectivity index (χ2v) is 5.52. The summed E-state index contributed by atoms with van der Waals surface area (Å²) in [6.07, 6.45) is -0.0772. The average molecular weight is 290 g/mol. The smallest absolute Gasteiger partial charge is 1.00 e. The van der Waals surface area contributed by atoms with Crippen molar-refractivity contribution in [2.75, 3.05) is 0 Å². The van der Waals surface area contributed by atoms with Gasteiger partial charge in [-0.2, -0.15) is 16.8 Å². The van der Waals surface area contributed by atoms with Crippen LogP contribution in [0.3, 0.4) is 0 Å². The van der Waals surface area contributed by atoms with Crippen LogP contribution in [-0.2, 0) is 20.2 Å². The summed E-state index contributed by atoms with van der Waals surface area (Å²) in [7, 11) is -9.47. The number of carbonyl (C=O) groups is 1. The monoisotopic (exact) mass is 290 g/mol. The average Bonchev–Trinajstić information content (AvgIpc) is 2.13. The van der Waals surface area contributed by atoms with Gasteiger partial charge in [-0.05, 0) is 12.1 Å². The molecule has 0 heterocycles. The molecule has 17 heavy (non-hydrogen) atoms. The number of benzene rings is 1. The molecule has 0 bridgehead atoms. The van der Waals surface area contributed by atoms with Crippen LogP contribution < -0.4 is 29.6 Å². The van der Waals surface area contributed by atoms with Gasteiger partial charge < -0.3 is 1.43 Å². The molecule has 0 spiro atoms.